The molecule has 3 N–H and O–H groups in total. The number of aliphatic hydroxyl groups is 2. The minimum absolute atomic E-state index is 0.0887. The second-order valence-corrected chi connectivity index (χ2v) is 13.1. The number of nitrogens with zero attached hydrogens (tertiary/aromatic N) is 1. The summed E-state index contributed by atoms with van der Waals surface area (Å²) in [5, 5.41) is 20.0. The van der Waals surface area contributed by atoms with Gasteiger partial charge >= 0.3 is 5.97 Å². The Kier molecular flexibility index (Phi) is 12.3. The van der Waals surface area contributed by atoms with E-state index in [0.717, 1.165) is 32.8 Å². The quantitative estimate of drug-likeness (QED) is 0.172. The Hall–Kier alpha value is -4.58. The lowest BCUT2D eigenvalue weighted by Gasteiger charge is -2.27. The van der Waals surface area contributed by atoms with Crippen LogP contribution in [0.1, 0.15) is 16.7 Å². The Morgan fingerprint density at radius 3 is 2.16 bits per heavy atom. The summed E-state index contributed by atoms with van der Waals surface area (Å²) in [7, 11) is 0.661. The van der Waals surface area contributed by atoms with Crippen LogP contribution in [-0.4, -0.2) is 114 Å². The van der Waals surface area contributed by atoms with Crippen LogP contribution in [0.5, 0.6) is 34.5 Å². The van der Waals surface area contributed by atoms with Crippen LogP contribution in [0.3, 0.4) is 0 Å². The summed E-state index contributed by atoms with van der Waals surface area (Å²) in [5.41, 5.74) is 2.18. The van der Waals surface area contributed by atoms with Gasteiger partial charge in [0.05, 0.1) is 52.5 Å². The number of carbonyl (C=O) groups excluding carboxylic acids is 1. The van der Waals surface area contributed by atoms with Gasteiger partial charge in [-0.3, -0.25) is 9.45 Å². The third-order valence-electron chi connectivity index (χ3n) is 8.30. The summed E-state index contributed by atoms with van der Waals surface area (Å²) < 4.78 is 71.8. The fourth-order valence-corrected chi connectivity index (χ4v) is 6.01. The zero-order chi connectivity index (χ0) is 36.6. The number of hydrogen-bond acceptors (Lipinski definition) is 14. The maximum absolute atomic E-state index is 13.5. The normalized spacial score (nSPS) is 18.5. The largest absolute Gasteiger partial charge is 0.493 e. The van der Waals surface area contributed by atoms with E-state index in [-0.39, 0.29) is 18.8 Å². The zero-order valence-electron chi connectivity index (χ0n) is 28.5. The molecule has 16 heteroatoms. The Morgan fingerprint density at radius 1 is 0.902 bits per heavy atom. The molecule has 0 amide bonds. The van der Waals surface area contributed by atoms with Crippen LogP contribution in [-0.2, 0) is 36.6 Å². The molecule has 3 heterocycles. The first-order valence-corrected chi connectivity index (χ1v) is 17.6. The number of methoxy groups -OCH3 is 3. The lowest BCUT2D eigenvalue weighted by atomic mass is 9.88. The van der Waals surface area contributed by atoms with Crippen LogP contribution < -0.4 is 28.4 Å². The summed E-state index contributed by atoms with van der Waals surface area (Å²) >= 11 is 0. The Bertz CT molecular complexity index is 1800. The van der Waals surface area contributed by atoms with Crippen LogP contribution >= 0.6 is 0 Å². The van der Waals surface area contributed by atoms with E-state index in [9.17, 15) is 18.3 Å². The number of hydrogen-bond donors (Lipinski definition) is 3. The van der Waals surface area contributed by atoms with Gasteiger partial charge in [-0.1, -0.05) is 6.07 Å². The Labute approximate surface area is 295 Å². The van der Waals surface area contributed by atoms with Gasteiger partial charge < -0.3 is 48.1 Å². The summed E-state index contributed by atoms with van der Waals surface area (Å²) in [6.07, 6.45) is 0.126. The third-order valence-corrected chi connectivity index (χ3v) is 9.00. The predicted octanol–water partition coefficient (Wildman–Crippen LogP) is 2.42. The highest BCUT2D eigenvalue weighted by molar-refractivity contribution is 7.85. The second kappa shape index (κ2) is 16.6. The minimum Gasteiger partial charge on any atom is -0.493 e. The molecule has 6 rings (SSSR count). The van der Waals surface area contributed by atoms with Crippen LogP contribution in [0.2, 0.25) is 0 Å². The summed E-state index contributed by atoms with van der Waals surface area (Å²) in [6.45, 7) is 4.08. The van der Waals surface area contributed by atoms with E-state index >= 15 is 0 Å². The fraction of sp³-hybridized carbons (Fsp3) is 0.400. The second-order valence-electron chi connectivity index (χ2n) is 11.5. The first-order chi connectivity index (χ1) is 24.5. The van der Waals surface area contributed by atoms with Gasteiger partial charge in [0.25, 0.3) is 15.9 Å². The minimum atomic E-state index is -3.92. The van der Waals surface area contributed by atoms with Crippen molar-refractivity contribution in [2.45, 2.75) is 12.2 Å². The van der Waals surface area contributed by atoms with Crippen LogP contribution in [0, 0.1) is 0 Å². The molecule has 276 valence electrons. The molecule has 3 aromatic carbocycles. The SMILES string of the molecule is COc1cc(CC2=C(c3ccc4c(c3)OCO4)C(=O)OC2(O)c2ccc(OCCN3CCOCC3)cc2)cc(OC)c1OC.O=S(=O)(O)CCO. The Morgan fingerprint density at radius 2 is 1.57 bits per heavy atom. The van der Waals surface area contributed by atoms with Crippen molar-refractivity contribution in [3.05, 3.63) is 76.9 Å². The van der Waals surface area contributed by atoms with E-state index in [1.54, 1.807) is 54.6 Å². The average molecular weight is 732 g/mol. The zero-order valence-corrected chi connectivity index (χ0v) is 29.3. The molecule has 0 aromatic heterocycles. The van der Waals surface area contributed by atoms with E-state index in [2.05, 4.69) is 4.90 Å². The molecule has 0 saturated carbocycles. The fourth-order valence-electron chi connectivity index (χ4n) is 5.78. The number of ether oxygens (including phenoxy) is 8. The van der Waals surface area contributed by atoms with Gasteiger partial charge in [0.1, 0.15) is 12.4 Å². The summed E-state index contributed by atoms with van der Waals surface area (Å²) in [4.78, 5) is 15.8. The molecule has 3 aliphatic rings. The lowest BCUT2D eigenvalue weighted by molar-refractivity contribution is -0.185. The third kappa shape index (κ3) is 9.02. The molecule has 1 atom stereocenters. The molecule has 0 spiro atoms. The monoisotopic (exact) mass is 731 g/mol. The van der Waals surface area contributed by atoms with Crippen molar-refractivity contribution < 1.29 is 65.9 Å². The highest BCUT2D eigenvalue weighted by atomic mass is 32.2. The first-order valence-electron chi connectivity index (χ1n) is 16.0. The summed E-state index contributed by atoms with van der Waals surface area (Å²) in [6, 6.07) is 15.7. The number of rotatable bonds is 13. The molecule has 1 fully saturated rings. The average Bonchev–Trinajstić information content (AvgIpc) is 3.69. The van der Waals surface area contributed by atoms with E-state index < -0.39 is 34.2 Å². The van der Waals surface area contributed by atoms with Gasteiger partial charge in [0.2, 0.25) is 12.5 Å². The van der Waals surface area contributed by atoms with E-state index in [1.807, 2.05) is 0 Å². The van der Waals surface area contributed by atoms with Crippen molar-refractivity contribution >= 4 is 21.7 Å². The highest BCUT2D eigenvalue weighted by Gasteiger charge is 2.48. The van der Waals surface area contributed by atoms with Gasteiger partial charge in [-0.15, -0.1) is 0 Å². The van der Waals surface area contributed by atoms with Crippen molar-refractivity contribution in [1.29, 1.82) is 0 Å². The molecule has 3 aromatic rings. The molecular formula is C35H41NO14S. The number of morpholine rings is 1. The molecule has 15 nitrogen and oxygen atoms in total. The number of esters is 1. The van der Waals surface area contributed by atoms with E-state index in [4.69, 9.17) is 47.6 Å². The number of aliphatic hydroxyl groups excluding tert-OH is 1. The maximum atomic E-state index is 13.5. The van der Waals surface area contributed by atoms with Gasteiger partial charge in [-0.05, 0) is 59.7 Å². The van der Waals surface area contributed by atoms with Gasteiger partial charge in [0.15, 0.2) is 23.0 Å². The summed E-state index contributed by atoms with van der Waals surface area (Å²) in [5.74, 6) is -0.264. The first kappa shape index (κ1) is 37.7. The molecule has 51 heavy (non-hydrogen) atoms. The van der Waals surface area contributed by atoms with E-state index in [0.29, 0.717) is 63.4 Å². The molecule has 1 saturated heterocycles. The Balaban J connectivity index is 0.000000654. The molecule has 3 aliphatic heterocycles. The molecule has 0 bridgehead atoms. The van der Waals surface area contributed by atoms with Gasteiger partial charge in [-0.2, -0.15) is 8.42 Å². The van der Waals surface area contributed by atoms with Crippen molar-refractivity contribution in [1.82, 2.24) is 4.90 Å². The highest BCUT2D eigenvalue weighted by Crippen LogP contribution is 2.48. The van der Waals surface area contributed by atoms with Crippen LogP contribution in [0.25, 0.3) is 5.57 Å². The molecular weight excluding hydrogens is 690 g/mol. The van der Waals surface area contributed by atoms with Crippen molar-refractivity contribution in [2.75, 3.05) is 79.9 Å². The van der Waals surface area contributed by atoms with Gasteiger partial charge in [-0.25, -0.2) is 4.79 Å². The number of carbonyl (C=O) groups is 1. The van der Waals surface area contributed by atoms with Crippen LogP contribution in [0.4, 0.5) is 0 Å². The predicted molar refractivity (Wildman–Crippen MR) is 182 cm³/mol. The van der Waals surface area contributed by atoms with Crippen molar-refractivity contribution in [3.63, 3.8) is 0 Å². The molecule has 1 unspecified atom stereocenters. The number of benzene rings is 3. The maximum Gasteiger partial charge on any atom is 0.342 e. The number of fused-ring (bicyclic) bond motifs is 1. The molecule has 0 aliphatic carbocycles. The number of cyclic esters (lactones) is 1. The van der Waals surface area contributed by atoms with Crippen molar-refractivity contribution in [3.8, 4) is 34.5 Å². The lowest BCUT2D eigenvalue weighted by Crippen LogP contribution is -2.38. The van der Waals surface area contributed by atoms with Crippen LogP contribution in [0.15, 0.2) is 60.2 Å². The molecule has 0 radical (unpaired) electrons. The van der Waals surface area contributed by atoms with Gasteiger partial charge in [0, 0.05) is 37.2 Å². The van der Waals surface area contributed by atoms with Crippen molar-refractivity contribution in [2.24, 2.45) is 0 Å². The smallest absolute Gasteiger partial charge is 0.342 e. The standard InChI is InChI=1S/C33H35NO10.C2H6O4S/c1-37-28-17-21(18-29(38-2)31(28)39-3)16-25-30(22-4-9-26-27(19-22)43-20-42-26)32(35)44-33(25,36)23-5-7-24(8-6-23)41-15-12-34-10-13-40-14-11-34;3-1-2-7(4,5)6/h4-9,17-19,36H,10-16,20H2,1-3H3;3H,1-2H2,(H,4,5,6). The topological polar surface area (TPSA) is 189 Å². The van der Waals surface area contributed by atoms with E-state index in [1.165, 1.54) is 21.3 Å².